The smallest absolute Gasteiger partial charge is 0.255 e. The van der Waals surface area contributed by atoms with E-state index in [-0.39, 0.29) is 36.8 Å². The van der Waals surface area contributed by atoms with Crippen LogP contribution < -0.4 is 5.73 Å². The van der Waals surface area contributed by atoms with Gasteiger partial charge < -0.3 is 15.5 Å². The minimum absolute atomic E-state index is 0. The average Bonchev–Trinajstić information content (AvgIpc) is 2.92. The van der Waals surface area contributed by atoms with Crippen LogP contribution in [0.1, 0.15) is 52.5 Å². The zero-order chi connectivity index (χ0) is 18.8. The normalized spacial score (nSPS) is 15.2. The minimum Gasteiger partial charge on any atom is -0.398 e. The summed E-state index contributed by atoms with van der Waals surface area (Å²) in [6.07, 6.45) is 0. The van der Waals surface area contributed by atoms with Crippen molar-refractivity contribution in [2.45, 2.75) is 33.7 Å². The SMILES string of the molecule is CCN(CC)CCN1C(=O)c2ccccc2C1c1c(C)ccc(C)c1N.Cl.Cl. The van der Waals surface area contributed by atoms with Gasteiger partial charge in [-0.1, -0.05) is 44.2 Å². The maximum Gasteiger partial charge on any atom is 0.255 e. The Bertz CT molecular complexity index is 821. The van der Waals surface area contributed by atoms with E-state index < -0.39 is 0 Å². The van der Waals surface area contributed by atoms with E-state index in [1.807, 2.05) is 30.0 Å². The largest absolute Gasteiger partial charge is 0.398 e. The summed E-state index contributed by atoms with van der Waals surface area (Å²) in [5.41, 5.74) is 12.4. The lowest BCUT2D eigenvalue weighted by molar-refractivity contribution is 0.0729. The molecule has 0 saturated carbocycles. The Labute approximate surface area is 180 Å². The molecular weight excluding hydrogens is 393 g/mol. The number of carbonyl (C=O) groups excluding carboxylic acids is 1. The molecular formula is C22H31Cl2N3O. The number of nitrogens with zero attached hydrogens (tertiary/aromatic N) is 2. The molecule has 154 valence electrons. The van der Waals surface area contributed by atoms with Crippen molar-refractivity contribution in [3.63, 3.8) is 0 Å². The van der Waals surface area contributed by atoms with E-state index in [4.69, 9.17) is 5.73 Å². The van der Waals surface area contributed by atoms with Crippen LogP contribution >= 0.6 is 24.8 Å². The molecule has 6 heteroatoms. The molecule has 3 rings (SSSR count). The Balaban J connectivity index is 0.00000196. The van der Waals surface area contributed by atoms with Crippen molar-refractivity contribution in [1.29, 1.82) is 0 Å². The number of halogens is 2. The molecule has 0 aromatic heterocycles. The number of fused-ring (bicyclic) bond motifs is 1. The Morgan fingerprint density at radius 1 is 1.00 bits per heavy atom. The van der Waals surface area contributed by atoms with Gasteiger partial charge in [0.05, 0.1) is 6.04 Å². The molecule has 0 aliphatic carbocycles. The van der Waals surface area contributed by atoms with Gasteiger partial charge >= 0.3 is 0 Å². The van der Waals surface area contributed by atoms with Crippen LogP contribution in [0.4, 0.5) is 5.69 Å². The lowest BCUT2D eigenvalue weighted by Gasteiger charge is -2.30. The first-order chi connectivity index (χ1) is 12.5. The molecule has 2 N–H and O–H groups in total. The molecule has 0 radical (unpaired) electrons. The molecule has 0 spiro atoms. The molecule has 1 aliphatic heterocycles. The van der Waals surface area contributed by atoms with Crippen LogP contribution in [-0.2, 0) is 0 Å². The number of amides is 1. The zero-order valence-corrected chi connectivity index (χ0v) is 18.7. The highest BCUT2D eigenvalue weighted by Crippen LogP contribution is 2.42. The highest BCUT2D eigenvalue weighted by molar-refractivity contribution is 6.00. The van der Waals surface area contributed by atoms with E-state index in [1.165, 1.54) is 0 Å². The van der Waals surface area contributed by atoms with Crippen molar-refractivity contribution in [3.8, 4) is 0 Å². The highest BCUT2D eigenvalue weighted by Gasteiger charge is 2.38. The molecule has 0 bridgehead atoms. The fraction of sp³-hybridized carbons (Fsp3) is 0.409. The first kappa shape index (κ1) is 24.3. The third kappa shape index (κ3) is 4.29. The molecule has 1 heterocycles. The number of aryl methyl sites for hydroxylation is 2. The zero-order valence-electron chi connectivity index (χ0n) is 17.1. The minimum atomic E-state index is -0.103. The second kappa shape index (κ2) is 10.1. The van der Waals surface area contributed by atoms with Gasteiger partial charge in [0.1, 0.15) is 0 Å². The standard InChI is InChI=1S/C22H29N3O.2ClH/c1-5-24(6-2)13-14-25-21(17-9-7-8-10-18(17)22(25)26)19-15(3)11-12-16(4)20(19)23;;/h7-12,21H,5-6,13-14,23H2,1-4H3;2*1H. The molecule has 2 aromatic carbocycles. The number of hydrogen-bond acceptors (Lipinski definition) is 3. The van der Waals surface area contributed by atoms with Crippen LogP contribution in [0.25, 0.3) is 0 Å². The summed E-state index contributed by atoms with van der Waals surface area (Å²) in [6.45, 7) is 12.0. The van der Waals surface area contributed by atoms with E-state index >= 15 is 0 Å². The monoisotopic (exact) mass is 423 g/mol. The number of likely N-dealkylation sites (N-methyl/N-ethyl adjacent to an activating group) is 1. The first-order valence-corrected chi connectivity index (χ1v) is 9.47. The Kier molecular flexibility index (Phi) is 8.80. The van der Waals surface area contributed by atoms with Crippen LogP contribution in [0.15, 0.2) is 36.4 Å². The van der Waals surface area contributed by atoms with E-state index in [0.717, 1.165) is 53.1 Å². The summed E-state index contributed by atoms with van der Waals surface area (Å²) in [5.74, 6) is 0.109. The number of hydrogen-bond donors (Lipinski definition) is 1. The second-order valence-corrected chi connectivity index (χ2v) is 7.04. The molecule has 4 nitrogen and oxygen atoms in total. The van der Waals surface area contributed by atoms with Gasteiger partial charge in [-0.05, 0) is 49.7 Å². The number of carbonyl (C=O) groups is 1. The molecule has 1 atom stereocenters. The number of nitrogen functional groups attached to an aromatic ring is 1. The Hall–Kier alpha value is -1.75. The molecule has 1 unspecified atom stereocenters. The predicted molar refractivity (Wildman–Crippen MR) is 122 cm³/mol. The van der Waals surface area contributed by atoms with Crippen molar-refractivity contribution in [1.82, 2.24) is 9.80 Å². The van der Waals surface area contributed by atoms with E-state index in [2.05, 4.69) is 43.9 Å². The van der Waals surface area contributed by atoms with Crippen LogP contribution in [0, 0.1) is 13.8 Å². The van der Waals surface area contributed by atoms with E-state index in [0.29, 0.717) is 6.54 Å². The third-order valence-corrected chi connectivity index (χ3v) is 5.61. The number of rotatable bonds is 6. The molecule has 2 aromatic rings. The average molecular weight is 424 g/mol. The van der Waals surface area contributed by atoms with Gasteiger partial charge in [0, 0.05) is 29.9 Å². The molecule has 1 aliphatic rings. The topological polar surface area (TPSA) is 49.6 Å². The van der Waals surface area contributed by atoms with Crippen LogP contribution in [0.5, 0.6) is 0 Å². The molecule has 1 amide bonds. The van der Waals surface area contributed by atoms with Crippen molar-refractivity contribution >= 4 is 36.4 Å². The third-order valence-electron chi connectivity index (χ3n) is 5.61. The van der Waals surface area contributed by atoms with Gasteiger partial charge in [-0.25, -0.2) is 0 Å². The van der Waals surface area contributed by atoms with Gasteiger partial charge in [-0.15, -0.1) is 24.8 Å². The van der Waals surface area contributed by atoms with Crippen molar-refractivity contribution < 1.29 is 4.79 Å². The highest BCUT2D eigenvalue weighted by atomic mass is 35.5. The lowest BCUT2D eigenvalue weighted by atomic mass is 9.91. The van der Waals surface area contributed by atoms with Crippen LogP contribution in [-0.4, -0.2) is 41.9 Å². The fourth-order valence-corrected chi connectivity index (χ4v) is 3.92. The summed E-state index contributed by atoms with van der Waals surface area (Å²) in [7, 11) is 0. The number of benzene rings is 2. The molecule has 0 saturated heterocycles. The van der Waals surface area contributed by atoms with Gasteiger partial charge in [0.2, 0.25) is 0 Å². The van der Waals surface area contributed by atoms with Crippen LogP contribution in [0.3, 0.4) is 0 Å². The van der Waals surface area contributed by atoms with E-state index in [1.54, 1.807) is 0 Å². The van der Waals surface area contributed by atoms with E-state index in [9.17, 15) is 4.79 Å². The van der Waals surface area contributed by atoms with Crippen molar-refractivity contribution in [2.24, 2.45) is 0 Å². The van der Waals surface area contributed by atoms with Gasteiger partial charge in [0.25, 0.3) is 5.91 Å². The summed E-state index contributed by atoms with van der Waals surface area (Å²) in [6, 6.07) is 12.0. The molecule has 0 fully saturated rings. The first-order valence-electron chi connectivity index (χ1n) is 9.47. The maximum absolute atomic E-state index is 13.1. The fourth-order valence-electron chi connectivity index (χ4n) is 3.92. The van der Waals surface area contributed by atoms with Crippen molar-refractivity contribution in [3.05, 3.63) is 64.2 Å². The Morgan fingerprint density at radius 3 is 2.25 bits per heavy atom. The van der Waals surface area contributed by atoms with Gasteiger partial charge in [-0.3, -0.25) is 4.79 Å². The number of nitrogens with two attached hydrogens (primary N) is 1. The second-order valence-electron chi connectivity index (χ2n) is 7.04. The predicted octanol–water partition coefficient (Wildman–Crippen LogP) is 4.62. The quantitative estimate of drug-likeness (QED) is 0.689. The van der Waals surface area contributed by atoms with Gasteiger partial charge in [0.15, 0.2) is 0 Å². The Morgan fingerprint density at radius 2 is 1.61 bits per heavy atom. The summed E-state index contributed by atoms with van der Waals surface area (Å²) in [4.78, 5) is 17.5. The molecule has 28 heavy (non-hydrogen) atoms. The summed E-state index contributed by atoms with van der Waals surface area (Å²) >= 11 is 0. The summed E-state index contributed by atoms with van der Waals surface area (Å²) in [5, 5.41) is 0. The van der Waals surface area contributed by atoms with Crippen molar-refractivity contribution in [2.75, 3.05) is 31.9 Å². The maximum atomic E-state index is 13.1. The van der Waals surface area contributed by atoms with Gasteiger partial charge in [-0.2, -0.15) is 0 Å². The summed E-state index contributed by atoms with van der Waals surface area (Å²) < 4.78 is 0. The lowest BCUT2D eigenvalue weighted by Crippen LogP contribution is -2.38. The number of anilines is 1. The van der Waals surface area contributed by atoms with Crippen LogP contribution in [0.2, 0.25) is 0 Å².